The Bertz CT molecular complexity index is 850. The highest BCUT2D eigenvalue weighted by molar-refractivity contribution is 5.90. The van der Waals surface area contributed by atoms with Gasteiger partial charge in [0.05, 0.1) is 6.42 Å². The van der Waals surface area contributed by atoms with Gasteiger partial charge in [-0.15, -0.1) is 5.10 Å². The van der Waals surface area contributed by atoms with E-state index in [1.54, 1.807) is 24.0 Å². The first kappa shape index (κ1) is 15.0. The monoisotopic (exact) mass is 311 g/mol. The summed E-state index contributed by atoms with van der Waals surface area (Å²) in [4.78, 5) is 12.1. The highest BCUT2D eigenvalue weighted by atomic mass is 16.4. The van der Waals surface area contributed by atoms with E-state index < -0.39 is 0 Å². The van der Waals surface area contributed by atoms with Crippen LogP contribution < -0.4 is 5.32 Å². The number of nitrogens with one attached hydrogen (secondary N) is 1. The molecule has 23 heavy (non-hydrogen) atoms. The molecule has 1 amide bonds. The molecule has 0 aliphatic rings. The third kappa shape index (κ3) is 3.45. The number of hydrogen-bond acceptors (Lipinski definition) is 5. The minimum absolute atomic E-state index is 0.0703. The zero-order chi connectivity index (χ0) is 16.4. The highest BCUT2D eigenvalue weighted by Crippen LogP contribution is 2.18. The van der Waals surface area contributed by atoms with Crippen molar-refractivity contribution in [1.82, 2.24) is 20.0 Å². The van der Waals surface area contributed by atoms with Crippen LogP contribution in [0.5, 0.6) is 0 Å². The van der Waals surface area contributed by atoms with Crippen LogP contribution in [0.25, 0.3) is 11.6 Å². The standard InChI is InChI=1S/C16H17N5O2/c1-10-4-5-11(2)12(8-10)9-14(22)17-16-19-18-15(23-16)13-6-7-21(3)20-13/h4-8H,9H2,1-3H3,(H,17,19,22). The number of aryl methyl sites for hydroxylation is 3. The third-order valence-corrected chi connectivity index (χ3v) is 3.46. The predicted molar refractivity (Wildman–Crippen MR) is 84.7 cm³/mol. The van der Waals surface area contributed by atoms with E-state index in [1.807, 2.05) is 32.0 Å². The van der Waals surface area contributed by atoms with Crippen molar-refractivity contribution in [2.75, 3.05) is 5.32 Å². The van der Waals surface area contributed by atoms with Crippen LogP contribution in [0.15, 0.2) is 34.9 Å². The molecule has 118 valence electrons. The molecule has 3 rings (SSSR count). The Labute approximate surface area is 133 Å². The van der Waals surface area contributed by atoms with Crippen molar-refractivity contribution >= 4 is 11.9 Å². The first-order valence-corrected chi connectivity index (χ1v) is 7.21. The molecule has 0 fully saturated rings. The van der Waals surface area contributed by atoms with Gasteiger partial charge in [0.2, 0.25) is 5.91 Å². The molecule has 7 heteroatoms. The SMILES string of the molecule is Cc1ccc(C)c(CC(=O)Nc2nnc(-c3ccn(C)n3)o2)c1. The second kappa shape index (κ2) is 6.04. The van der Waals surface area contributed by atoms with Gasteiger partial charge in [-0.25, -0.2) is 0 Å². The lowest BCUT2D eigenvalue weighted by molar-refractivity contribution is -0.115. The molecule has 0 unspecified atom stereocenters. The van der Waals surface area contributed by atoms with Gasteiger partial charge in [0.1, 0.15) is 5.69 Å². The number of anilines is 1. The molecule has 0 spiro atoms. The molecule has 0 aliphatic carbocycles. The van der Waals surface area contributed by atoms with Gasteiger partial charge < -0.3 is 4.42 Å². The van der Waals surface area contributed by atoms with E-state index in [1.165, 1.54) is 0 Å². The Kier molecular flexibility index (Phi) is 3.92. The summed E-state index contributed by atoms with van der Waals surface area (Å²) < 4.78 is 7.05. The van der Waals surface area contributed by atoms with E-state index in [-0.39, 0.29) is 24.2 Å². The summed E-state index contributed by atoms with van der Waals surface area (Å²) in [6.07, 6.45) is 2.03. The molecule has 2 heterocycles. The van der Waals surface area contributed by atoms with Gasteiger partial charge >= 0.3 is 6.01 Å². The second-order valence-corrected chi connectivity index (χ2v) is 5.44. The van der Waals surface area contributed by atoms with E-state index in [4.69, 9.17) is 4.42 Å². The maximum absolute atomic E-state index is 12.1. The largest absolute Gasteiger partial charge is 0.401 e. The number of nitrogens with zero attached hydrogens (tertiary/aromatic N) is 4. The van der Waals surface area contributed by atoms with E-state index in [2.05, 4.69) is 20.6 Å². The van der Waals surface area contributed by atoms with Gasteiger partial charge in [0.25, 0.3) is 5.89 Å². The van der Waals surface area contributed by atoms with Crippen molar-refractivity contribution < 1.29 is 9.21 Å². The average molecular weight is 311 g/mol. The van der Waals surface area contributed by atoms with Crippen LogP contribution in [0.2, 0.25) is 0 Å². The van der Waals surface area contributed by atoms with Crippen LogP contribution >= 0.6 is 0 Å². The Morgan fingerprint density at radius 1 is 1.26 bits per heavy atom. The number of rotatable bonds is 4. The molecule has 0 saturated heterocycles. The molecule has 1 aromatic carbocycles. The lowest BCUT2D eigenvalue weighted by Gasteiger charge is -2.06. The smallest absolute Gasteiger partial charge is 0.322 e. The van der Waals surface area contributed by atoms with Crippen LogP contribution in [0.1, 0.15) is 16.7 Å². The first-order valence-electron chi connectivity index (χ1n) is 7.21. The molecule has 1 N–H and O–H groups in total. The van der Waals surface area contributed by atoms with Gasteiger partial charge in [-0.1, -0.05) is 28.9 Å². The normalized spacial score (nSPS) is 10.7. The maximum atomic E-state index is 12.1. The van der Waals surface area contributed by atoms with Crippen LogP contribution in [0, 0.1) is 13.8 Å². The molecular weight excluding hydrogens is 294 g/mol. The van der Waals surface area contributed by atoms with Crippen LogP contribution in [0.4, 0.5) is 6.01 Å². The van der Waals surface area contributed by atoms with Crippen molar-refractivity contribution in [2.45, 2.75) is 20.3 Å². The molecule has 0 bridgehead atoms. The molecular formula is C16H17N5O2. The Morgan fingerprint density at radius 3 is 2.83 bits per heavy atom. The molecule has 0 saturated carbocycles. The predicted octanol–water partition coefficient (Wildman–Crippen LogP) is 2.27. The van der Waals surface area contributed by atoms with Crippen molar-refractivity contribution in [3.8, 4) is 11.6 Å². The number of carbonyl (C=O) groups excluding carboxylic acids is 1. The van der Waals surface area contributed by atoms with Crippen molar-refractivity contribution in [3.63, 3.8) is 0 Å². The van der Waals surface area contributed by atoms with E-state index >= 15 is 0 Å². The fourth-order valence-electron chi connectivity index (χ4n) is 2.23. The van der Waals surface area contributed by atoms with Crippen LogP contribution in [0.3, 0.4) is 0 Å². The number of aromatic nitrogens is 4. The lowest BCUT2D eigenvalue weighted by atomic mass is 10.0. The Balaban J connectivity index is 1.69. The minimum Gasteiger partial charge on any atom is -0.401 e. The Hall–Kier alpha value is -2.96. The summed E-state index contributed by atoms with van der Waals surface area (Å²) in [5, 5.41) is 14.5. The zero-order valence-corrected chi connectivity index (χ0v) is 13.2. The van der Waals surface area contributed by atoms with Gasteiger partial charge in [-0.2, -0.15) is 5.10 Å². The average Bonchev–Trinajstić information content (AvgIpc) is 3.12. The zero-order valence-electron chi connectivity index (χ0n) is 13.2. The number of hydrogen-bond donors (Lipinski definition) is 1. The Morgan fingerprint density at radius 2 is 2.09 bits per heavy atom. The fourth-order valence-corrected chi connectivity index (χ4v) is 2.23. The lowest BCUT2D eigenvalue weighted by Crippen LogP contribution is -2.15. The molecule has 0 aliphatic heterocycles. The van der Waals surface area contributed by atoms with Crippen molar-refractivity contribution in [2.24, 2.45) is 7.05 Å². The summed E-state index contributed by atoms with van der Waals surface area (Å²) in [5.74, 6) is 0.0718. The van der Waals surface area contributed by atoms with Crippen LogP contribution in [-0.4, -0.2) is 25.9 Å². The van der Waals surface area contributed by atoms with Crippen molar-refractivity contribution in [3.05, 3.63) is 47.2 Å². The summed E-state index contributed by atoms with van der Waals surface area (Å²) >= 11 is 0. The molecule has 2 aromatic heterocycles. The quantitative estimate of drug-likeness (QED) is 0.799. The third-order valence-electron chi connectivity index (χ3n) is 3.46. The summed E-state index contributed by atoms with van der Waals surface area (Å²) in [6, 6.07) is 7.86. The van der Waals surface area contributed by atoms with Gasteiger partial charge in [0.15, 0.2) is 0 Å². The maximum Gasteiger partial charge on any atom is 0.322 e. The fraction of sp³-hybridized carbons (Fsp3) is 0.250. The molecule has 7 nitrogen and oxygen atoms in total. The summed E-state index contributed by atoms with van der Waals surface area (Å²) in [7, 11) is 1.80. The number of benzene rings is 1. The van der Waals surface area contributed by atoms with Gasteiger partial charge in [-0.3, -0.25) is 14.8 Å². The summed E-state index contributed by atoms with van der Waals surface area (Å²) in [6.45, 7) is 3.98. The number of carbonyl (C=O) groups is 1. The summed E-state index contributed by atoms with van der Waals surface area (Å²) in [5.41, 5.74) is 3.74. The van der Waals surface area contributed by atoms with E-state index in [0.29, 0.717) is 5.69 Å². The van der Waals surface area contributed by atoms with E-state index in [0.717, 1.165) is 16.7 Å². The second-order valence-electron chi connectivity index (χ2n) is 5.44. The van der Waals surface area contributed by atoms with Crippen LogP contribution in [-0.2, 0) is 18.3 Å². The van der Waals surface area contributed by atoms with Crippen molar-refractivity contribution in [1.29, 1.82) is 0 Å². The highest BCUT2D eigenvalue weighted by Gasteiger charge is 2.14. The molecule has 0 radical (unpaired) electrons. The van der Waals surface area contributed by atoms with E-state index in [9.17, 15) is 4.79 Å². The first-order chi connectivity index (χ1) is 11.0. The minimum atomic E-state index is -0.199. The number of amides is 1. The molecule has 0 atom stereocenters. The van der Waals surface area contributed by atoms with Gasteiger partial charge in [-0.05, 0) is 31.0 Å². The molecule has 3 aromatic rings. The topological polar surface area (TPSA) is 85.8 Å². The van der Waals surface area contributed by atoms with Gasteiger partial charge in [0, 0.05) is 13.2 Å².